The lowest BCUT2D eigenvalue weighted by atomic mass is 9.85. The molecule has 140 valence electrons. The average molecular weight is 346 g/mol. The average Bonchev–Trinajstić information content (AvgIpc) is 2.57. The molecule has 0 saturated carbocycles. The van der Waals surface area contributed by atoms with Crippen LogP contribution in [0.2, 0.25) is 0 Å². The van der Waals surface area contributed by atoms with E-state index < -0.39 is 0 Å². The van der Waals surface area contributed by atoms with Gasteiger partial charge in [-0.15, -0.1) is 0 Å². The second kappa shape index (κ2) is 11.6. The molecule has 0 radical (unpaired) electrons. The highest BCUT2D eigenvalue weighted by Crippen LogP contribution is 2.29. The van der Waals surface area contributed by atoms with Crippen LogP contribution < -0.4 is 10.1 Å². The topological polar surface area (TPSA) is 30.5 Å². The minimum absolute atomic E-state index is 0.0754. The predicted octanol–water partition coefficient (Wildman–Crippen LogP) is 5.70. The number of rotatable bonds is 13. The van der Waals surface area contributed by atoms with Crippen LogP contribution in [0.5, 0.6) is 5.75 Å². The normalized spacial score (nSPS) is 11.9. The summed E-state index contributed by atoms with van der Waals surface area (Å²) in [7, 11) is 0. The molecule has 0 aromatic heterocycles. The van der Waals surface area contributed by atoms with Crippen molar-refractivity contribution in [3.8, 4) is 5.75 Å². The van der Waals surface area contributed by atoms with Crippen LogP contribution in [0.15, 0.2) is 54.4 Å². The molecule has 0 aliphatic carbocycles. The molecule has 0 heterocycles. The third kappa shape index (κ3) is 9.23. The summed E-state index contributed by atoms with van der Waals surface area (Å²) in [5.41, 5.74) is 1.38. The Morgan fingerprint density at radius 1 is 1.16 bits per heavy atom. The van der Waals surface area contributed by atoms with Gasteiger partial charge < -0.3 is 14.8 Å². The first-order chi connectivity index (χ1) is 12.0. The van der Waals surface area contributed by atoms with Crippen molar-refractivity contribution >= 4 is 0 Å². The van der Waals surface area contributed by atoms with Gasteiger partial charge in [0.1, 0.15) is 5.75 Å². The van der Waals surface area contributed by atoms with Crippen molar-refractivity contribution in [1.29, 1.82) is 0 Å². The Labute approximate surface area is 154 Å². The molecule has 0 amide bonds. The number of unbranched alkanes of at least 4 members (excludes halogenated alkanes) is 1. The van der Waals surface area contributed by atoms with Gasteiger partial charge in [0.2, 0.25) is 0 Å². The smallest absolute Gasteiger partial charge is 0.119 e. The number of benzene rings is 1. The molecule has 0 aliphatic rings. The molecule has 0 fully saturated rings. The quantitative estimate of drug-likeness (QED) is 0.368. The second-order valence-corrected chi connectivity index (χ2v) is 7.01. The van der Waals surface area contributed by atoms with Gasteiger partial charge in [0, 0.05) is 17.7 Å². The largest absolute Gasteiger partial charge is 0.499 e. The maximum Gasteiger partial charge on any atom is 0.119 e. The Morgan fingerprint density at radius 2 is 1.88 bits per heavy atom. The molecule has 0 bridgehead atoms. The van der Waals surface area contributed by atoms with Gasteiger partial charge in [0.15, 0.2) is 0 Å². The van der Waals surface area contributed by atoms with Crippen LogP contribution in [0, 0.1) is 5.41 Å². The molecule has 1 N–H and O–H groups in total. The van der Waals surface area contributed by atoms with Gasteiger partial charge in [0.05, 0.1) is 19.0 Å². The van der Waals surface area contributed by atoms with Crippen LogP contribution in [0.3, 0.4) is 0 Å². The monoisotopic (exact) mass is 345 g/mol. The standard InChI is InChI=1S/C22H35NO2/c1-6-12-21(22(4,5)15-18-24-19(2)3)23-16-10-11-17-25-20-13-8-7-9-14-20/h7-9,12-14,23H,2,6,10-11,15-18H2,1,3-5H3/b21-12-. The van der Waals surface area contributed by atoms with Gasteiger partial charge in [-0.25, -0.2) is 0 Å². The minimum atomic E-state index is 0.0754. The Kier molecular flexibility index (Phi) is 9.83. The lowest BCUT2D eigenvalue weighted by molar-refractivity contribution is 0.176. The number of nitrogens with one attached hydrogen (secondary N) is 1. The van der Waals surface area contributed by atoms with E-state index in [1.54, 1.807) is 0 Å². The minimum Gasteiger partial charge on any atom is -0.499 e. The zero-order valence-electron chi connectivity index (χ0n) is 16.4. The van der Waals surface area contributed by atoms with Crippen LogP contribution in [-0.4, -0.2) is 19.8 Å². The number of hydrogen-bond donors (Lipinski definition) is 1. The van der Waals surface area contributed by atoms with E-state index in [-0.39, 0.29) is 5.41 Å². The zero-order valence-corrected chi connectivity index (χ0v) is 16.4. The molecule has 3 nitrogen and oxygen atoms in total. The Balaban J connectivity index is 2.30. The van der Waals surface area contributed by atoms with Crippen molar-refractivity contribution in [2.45, 2.75) is 53.4 Å². The summed E-state index contributed by atoms with van der Waals surface area (Å²) in [6, 6.07) is 9.99. The van der Waals surface area contributed by atoms with E-state index in [9.17, 15) is 0 Å². The van der Waals surface area contributed by atoms with E-state index in [1.807, 2.05) is 37.3 Å². The number of para-hydroxylation sites is 1. The third-order valence-electron chi connectivity index (χ3n) is 4.11. The molecule has 0 saturated heterocycles. The summed E-state index contributed by atoms with van der Waals surface area (Å²) in [5, 5.41) is 3.63. The maximum atomic E-state index is 5.74. The summed E-state index contributed by atoms with van der Waals surface area (Å²) < 4.78 is 11.3. The highest BCUT2D eigenvalue weighted by atomic mass is 16.5. The maximum absolute atomic E-state index is 5.74. The predicted molar refractivity (Wildman–Crippen MR) is 107 cm³/mol. The Morgan fingerprint density at radius 3 is 2.52 bits per heavy atom. The van der Waals surface area contributed by atoms with Gasteiger partial charge in [-0.2, -0.15) is 0 Å². The molecule has 0 aliphatic heterocycles. The van der Waals surface area contributed by atoms with Crippen molar-refractivity contribution in [1.82, 2.24) is 5.32 Å². The third-order valence-corrected chi connectivity index (χ3v) is 4.11. The number of hydrogen-bond acceptors (Lipinski definition) is 3. The van der Waals surface area contributed by atoms with E-state index >= 15 is 0 Å². The van der Waals surface area contributed by atoms with Gasteiger partial charge in [-0.05, 0) is 44.7 Å². The number of ether oxygens (including phenoxy) is 2. The molecule has 0 spiro atoms. The molecule has 1 rings (SSSR count). The van der Waals surface area contributed by atoms with Crippen LogP contribution in [0.1, 0.15) is 53.4 Å². The van der Waals surface area contributed by atoms with E-state index in [1.165, 1.54) is 5.70 Å². The van der Waals surface area contributed by atoms with Gasteiger partial charge in [-0.3, -0.25) is 0 Å². The van der Waals surface area contributed by atoms with Gasteiger partial charge in [0.25, 0.3) is 0 Å². The van der Waals surface area contributed by atoms with Gasteiger partial charge >= 0.3 is 0 Å². The van der Waals surface area contributed by atoms with Crippen LogP contribution in [0.4, 0.5) is 0 Å². The molecular formula is C22H35NO2. The van der Waals surface area contributed by atoms with Crippen molar-refractivity contribution in [2.24, 2.45) is 5.41 Å². The Hall–Kier alpha value is -1.90. The molecular weight excluding hydrogens is 310 g/mol. The van der Waals surface area contributed by atoms with Gasteiger partial charge in [-0.1, -0.05) is 51.6 Å². The van der Waals surface area contributed by atoms with Crippen molar-refractivity contribution in [3.63, 3.8) is 0 Å². The van der Waals surface area contributed by atoms with E-state index in [0.29, 0.717) is 6.61 Å². The van der Waals surface area contributed by atoms with E-state index in [2.05, 4.69) is 38.7 Å². The summed E-state index contributed by atoms with van der Waals surface area (Å²) in [4.78, 5) is 0. The lowest BCUT2D eigenvalue weighted by Crippen LogP contribution is -2.29. The van der Waals surface area contributed by atoms with Crippen molar-refractivity contribution in [2.75, 3.05) is 19.8 Å². The summed E-state index contributed by atoms with van der Waals surface area (Å²) in [5.74, 6) is 1.73. The fourth-order valence-electron chi connectivity index (χ4n) is 2.56. The summed E-state index contributed by atoms with van der Waals surface area (Å²) in [6.07, 6.45) is 6.42. The fourth-order valence-corrected chi connectivity index (χ4v) is 2.56. The highest BCUT2D eigenvalue weighted by molar-refractivity contribution is 5.20. The van der Waals surface area contributed by atoms with E-state index in [4.69, 9.17) is 9.47 Å². The SMILES string of the molecule is C=C(C)OCCC(C)(C)/C(=C/CC)NCCCCOc1ccccc1. The summed E-state index contributed by atoms with van der Waals surface area (Å²) in [6.45, 7) is 14.8. The first kappa shape index (κ1) is 21.1. The van der Waals surface area contributed by atoms with Crippen LogP contribution >= 0.6 is 0 Å². The molecule has 1 aromatic rings. The van der Waals surface area contributed by atoms with Crippen molar-refractivity contribution in [3.05, 3.63) is 54.4 Å². The fraction of sp³-hybridized carbons (Fsp3) is 0.545. The first-order valence-corrected chi connectivity index (χ1v) is 9.36. The first-order valence-electron chi connectivity index (χ1n) is 9.36. The molecule has 1 aromatic carbocycles. The zero-order chi connectivity index (χ0) is 18.5. The molecule has 0 atom stereocenters. The number of allylic oxidation sites excluding steroid dienone is 3. The lowest BCUT2D eigenvalue weighted by Gasteiger charge is -2.29. The van der Waals surface area contributed by atoms with Crippen molar-refractivity contribution < 1.29 is 9.47 Å². The van der Waals surface area contributed by atoms with E-state index in [0.717, 1.165) is 50.3 Å². The highest BCUT2D eigenvalue weighted by Gasteiger charge is 2.22. The van der Waals surface area contributed by atoms with Crippen LogP contribution in [0.25, 0.3) is 0 Å². The molecule has 0 unspecified atom stereocenters. The van der Waals surface area contributed by atoms with Crippen LogP contribution in [-0.2, 0) is 4.74 Å². The second-order valence-electron chi connectivity index (χ2n) is 7.01. The molecule has 3 heteroatoms. The Bertz CT molecular complexity index is 520. The molecule has 25 heavy (non-hydrogen) atoms. The summed E-state index contributed by atoms with van der Waals surface area (Å²) >= 11 is 0.